The zero-order chi connectivity index (χ0) is 12.9. The molecule has 1 heteroatoms. The summed E-state index contributed by atoms with van der Waals surface area (Å²) < 4.78 is 0. The quantitative estimate of drug-likeness (QED) is 0.795. The molecule has 5 saturated carbocycles. The van der Waals surface area contributed by atoms with Gasteiger partial charge in [-0.1, -0.05) is 19.3 Å². The molecule has 0 aromatic rings. The van der Waals surface area contributed by atoms with Crippen molar-refractivity contribution in [3.05, 3.63) is 0 Å². The van der Waals surface area contributed by atoms with Gasteiger partial charge < -0.3 is 5.32 Å². The van der Waals surface area contributed by atoms with Crippen molar-refractivity contribution in [3.63, 3.8) is 0 Å². The Balaban J connectivity index is 1.58. The van der Waals surface area contributed by atoms with Gasteiger partial charge in [0, 0.05) is 6.04 Å². The van der Waals surface area contributed by atoms with Crippen LogP contribution in [0.5, 0.6) is 0 Å². The fourth-order valence-electron chi connectivity index (χ4n) is 7.07. The summed E-state index contributed by atoms with van der Waals surface area (Å²) in [5.41, 5.74) is 0.714. The largest absolute Gasteiger partial charge is 0.316 e. The predicted octanol–water partition coefficient (Wildman–Crippen LogP) is 4.37. The number of nitrogens with one attached hydrogen (secondary N) is 1. The van der Waals surface area contributed by atoms with Crippen LogP contribution in [0.2, 0.25) is 0 Å². The first-order valence-electron chi connectivity index (χ1n) is 8.96. The van der Waals surface area contributed by atoms with E-state index in [4.69, 9.17) is 0 Å². The van der Waals surface area contributed by atoms with Crippen LogP contribution in [-0.4, -0.2) is 13.1 Å². The fraction of sp³-hybridized carbons (Fsp3) is 1.00. The lowest BCUT2D eigenvalue weighted by atomic mass is 9.46. The van der Waals surface area contributed by atoms with Crippen molar-refractivity contribution in [3.8, 4) is 0 Å². The van der Waals surface area contributed by atoms with E-state index >= 15 is 0 Å². The Morgan fingerprint density at radius 3 is 1.84 bits per heavy atom. The minimum Gasteiger partial charge on any atom is -0.316 e. The number of rotatable bonds is 3. The van der Waals surface area contributed by atoms with Crippen molar-refractivity contribution >= 4 is 0 Å². The average Bonchev–Trinajstić information content (AvgIpc) is 2.38. The van der Waals surface area contributed by atoms with Crippen LogP contribution in [0.3, 0.4) is 0 Å². The first-order chi connectivity index (χ1) is 9.29. The van der Waals surface area contributed by atoms with Crippen LogP contribution in [0.4, 0.5) is 0 Å². The molecule has 0 aromatic heterocycles. The molecule has 0 aliphatic heterocycles. The summed E-state index contributed by atoms with van der Waals surface area (Å²) in [4.78, 5) is 0. The van der Waals surface area contributed by atoms with Crippen molar-refractivity contribution in [2.24, 2.45) is 29.1 Å². The molecule has 0 heterocycles. The zero-order valence-corrected chi connectivity index (χ0v) is 12.7. The molecule has 0 aromatic carbocycles. The molecular weight excluding hydrogens is 230 g/mol. The average molecular weight is 261 g/mol. The zero-order valence-electron chi connectivity index (χ0n) is 12.7. The maximum absolute atomic E-state index is 3.83. The molecule has 5 fully saturated rings. The summed E-state index contributed by atoms with van der Waals surface area (Å²) in [5, 5.41) is 3.83. The molecule has 19 heavy (non-hydrogen) atoms. The van der Waals surface area contributed by atoms with E-state index in [2.05, 4.69) is 12.4 Å². The van der Waals surface area contributed by atoms with Gasteiger partial charge in [-0.2, -0.15) is 0 Å². The molecule has 4 bridgehead atoms. The van der Waals surface area contributed by atoms with Crippen molar-refractivity contribution < 1.29 is 0 Å². The smallest absolute Gasteiger partial charge is 0.0149 e. The Morgan fingerprint density at radius 2 is 1.37 bits per heavy atom. The summed E-state index contributed by atoms with van der Waals surface area (Å²) in [5.74, 6) is 4.30. The first kappa shape index (κ1) is 12.7. The van der Waals surface area contributed by atoms with Gasteiger partial charge in [0.2, 0.25) is 0 Å². The van der Waals surface area contributed by atoms with E-state index in [0.717, 1.165) is 29.7 Å². The van der Waals surface area contributed by atoms with Gasteiger partial charge in [-0.15, -0.1) is 0 Å². The Labute approximate surface area is 118 Å². The molecule has 0 spiro atoms. The SMILES string of the molecule is CNC(C1CCCCC1)C12CC3CC(CC(C3)C1)C2. The van der Waals surface area contributed by atoms with Gasteiger partial charge in [-0.3, -0.25) is 0 Å². The van der Waals surface area contributed by atoms with Gasteiger partial charge >= 0.3 is 0 Å². The van der Waals surface area contributed by atoms with Crippen LogP contribution >= 0.6 is 0 Å². The molecule has 1 unspecified atom stereocenters. The van der Waals surface area contributed by atoms with Crippen LogP contribution in [0, 0.1) is 29.1 Å². The van der Waals surface area contributed by atoms with E-state index in [1.165, 1.54) is 32.1 Å². The summed E-state index contributed by atoms with van der Waals surface area (Å²) in [6, 6.07) is 0.848. The lowest BCUT2D eigenvalue weighted by Gasteiger charge is -2.61. The highest BCUT2D eigenvalue weighted by Crippen LogP contribution is 2.62. The lowest BCUT2D eigenvalue weighted by molar-refractivity contribution is -0.0863. The van der Waals surface area contributed by atoms with Gasteiger partial charge in [0.1, 0.15) is 0 Å². The Morgan fingerprint density at radius 1 is 0.842 bits per heavy atom. The van der Waals surface area contributed by atoms with Crippen LogP contribution in [0.15, 0.2) is 0 Å². The van der Waals surface area contributed by atoms with Crippen LogP contribution in [0.25, 0.3) is 0 Å². The standard InChI is InChI=1S/C18H31N/c1-19-17(16-5-3-2-4-6-16)18-10-13-7-14(11-18)9-15(8-13)12-18/h13-17,19H,2-12H2,1H3. The predicted molar refractivity (Wildman–Crippen MR) is 80.0 cm³/mol. The third-order valence-corrected chi connectivity index (χ3v) is 7.18. The summed E-state index contributed by atoms with van der Waals surface area (Å²) in [7, 11) is 2.26. The highest BCUT2D eigenvalue weighted by Gasteiger charge is 2.55. The van der Waals surface area contributed by atoms with Gasteiger partial charge in [0.05, 0.1) is 0 Å². The van der Waals surface area contributed by atoms with Crippen molar-refractivity contribution in [2.75, 3.05) is 7.05 Å². The Kier molecular flexibility index (Phi) is 3.17. The van der Waals surface area contributed by atoms with E-state index < -0.39 is 0 Å². The summed E-state index contributed by atoms with van der Waals surface area (Å²) >= 11 is 0. The van der Waals surface area contributed by atoms with Gasteiger partial charge in [-0.05, 0) is 87.5 Å². The molecular formula is C18H31N. The summed E-state index contributed by atoms with van der Waals surface area (Å²) in [6.45, 7) is 0. The van der Waals surface area contributed by atoms with Crippen LogP contribution in [-0.2, 0) is 0 Å². The molecule has 5 aliphatic rings. The summed E-state index contributed by atoms with van der Waals surface area (Å²) in [6.07, 6.45) is 17.0. The normalized spacial score (nSPS) is 47.5. The molecule has 1 N–H and O–H groups in total. The second-order valence-corrected chi connectivity index (χ2v) is 8.44. The van der Waals surface area contributed by atoms with Gasteiger partial charge in [-0.25, -0.2) is 0 Å². The molecule has 0 amide bonds. The molecule has 1 atom stereocenters. The van der Waals surface area contributed by atoms with E-state index in [-0.39, 0.29) is 0 Å². The Hall–Kier alpha value is -0.0400. The molecule has 0 saturated heterocycles. The minimum absolute atomic E-state index is 0.714. The number of hydrogen-bond acceptors (Lipinski definition) is 1. The number of hydrogen-bond donors (Lipinski definition) is 1. The van der Waals surface area contributed by atoms with Crippen molar-refractivity contribution in [1.29, 1.82) is 0 Å². The third kappa shape index (κ3) is 2.07. The highest BCUT2D eigenvalue weighted by molar-refractivity contribution is 5.07. The molecule has 5 rings (SSSR count). The van der Waals surface area contributed by atoms with E-state index in [0.29, 0.717) is 5.41 Å². The second-order valence-electron chi connectivity index (χ2n) is 8.44. The maximum Gasteiger partial charge on any atom is 0.0149 e. The third-order valence-electron chi connectivity index (χ3n) is 7.18. The maximum atomic E-state index is 3.83. The Bertz CT molecular complexity index is 293. The molecule has 108 valence electrons. The van der Waals surface area contributed by atoms with Crippen molar-refractivity contribution in [1.82, 2.24) is 5.32 Å². The van der Waals surface area contributed by atoms with Gasteiger partial charge in [0.25, 0.3) is 0 Å². The van der Waals surface area contributed by atoms with Crippen molar-refractivity contribution in [2.45, 2.75) is 76.7 Å². The first-order valence-corrected chi connectivity index (χ1v) is 8.96. The fourth-order valence-corrected chi connectivity index (χ4v) is 7.07. The molecule has 0 radical (unpaired) electrons. The second kappa shape index (κ2) is 4.76. The molecule has 1 nitrogen and oxygen atoms in total. The van der Waals surface area contributed by atoms with E-state index in [1.807, 2.05) is 0 Å². The molecule has 5 aliphatic carbocycles. The highest BCUT2D eigenvalue weighted by atomic mass is 14.9. The van der Waals surface area contributed by atoms with Gasteiger partial charge in [0.15, 0.2) is 0 Å². The lowest BCUT2D eigenvalue weighted by Crippen LogP contribution is -2.57. The van der Waals surface area contributed by atoms with E-state index in [1.54, 1.807) is 38.5 Å². The monoisotopic (exact) mass is 261 g/mol. The van der Waals surface area contributed by atoms with Crippen LogP contribution in [0.1, 0.15) is 70.6 Å². The van der Waals surface area contributed by atoms with E-state index in [9.17, 15) is 0 Å². The minimum atomic E-state index is 0.714. The topological polar surface area (TPSA) is 12.0 Å². The van der Waals surface area contributed by atoms with Crippen LogP contribution < -0.4 is 5.32 Å².